The number of rotatable bonds is 3. The lowest BCUT2D eigenvalue weighted by Gasteiger charge is -2.46. The quantitative estimate of drug-likeness (QED) is 0.581. The molecule has 0 aromatic heterocycles. The number of nitrogens with zero attached hydrogens (tertiary/aromatic N) is 1. The van der Waals surface area contributed by atoms with Crippen molar-refractivity contribution in [2.75, 3.05) is 20.2 Å². The summed E-state index contributed by atoms with van der Waals surface area (Å²) >= 11 is 0. The summed E-state index contributed by atoms with van der Waals surface area (Å²) in [6.45, 7) is 3.94. The second kappa shape index (κ2) is 2.86. The SMILES string of the molecule is CCCC1(OC)CN(N)C1. The summed E-state index contributed by atoms with van der Waals surface area (Å²) in [6.07, 6.45) is 2.29. The van der Waals surface area contributed by atoms with Crippen LogP contribution in [0.2, 0.25) is 0 Å². The van der Waals surface area contributed by atoms with E-state index >= 15 is 0 Å². The van der Waals surface area contributed by atoms with Crippen molar-refractivity contribution in [3.05, 3.63) is 0 Å². The smallest absolute Gasteiger partial charge is 0.0958 e. The minimum atomic E-state index is 0.0868. The highest BCUT2D eigenvalue weighted by molar-refractivity contribution is 4.93. The van der Waals surface area contributed by atoms with E-state index in [1.807, 2.05) is 0 Å². The summed E-state index contributed by atoms with van der Waals surface area (Å²) in [5.74, 6) is 5.51. The fourth-order valence-electron chi connectivity index (χ4n) is 1.54. The van der Waals surface area contributed by atoms with Crippen molar-refractivity contribution in [1.29, 1.82) is 0 Å². The first kappa shape index (κ1) is 7.98. The molecule has 60 valence electrons. The molecule has 1 heterocycles. The van der Waals surface area contributed by atoms with Crippen molar-refractivity contribution < 1.29 is 4.74 Å². The topological polar surface area (TPSA) is 38.5 Å². The second-order valence-electron chi connectivity index (χ2n) is 3.04. The molecule has 0 bridgehead atoms. The van der Waals surface area contributed by atoms with E-state index in [9.17, 15) is 0 Å². The monoisotopic (exact) mass is 144 g/mol. The number of nitrogens with two attached hydrogens (primary N) is 1. The van der Waals surface area contributed by atoms with Gasteiger partial charge >= 0.3 is 0 Å². The highest BCUT2D eigenvalue weighted by Gasteiger charge is 2.40. The molecule has 0 atom stereocenters. The number of hydrogen-bond donors (Lipinski definition) is 1. The standard InChI is InChI=1S/C7H16N2O/c1-3-4-7(10-2)5-9(8)6-7/h3-6,8H2,1-2H3. The Hall–Kier alpha value is -0.120. The van der Waals surface area contributed by atoms with Gasteiger partial charge in [0, 0.05) is 20.2 Å². The Morgan fingerprint density at radius 1 is 1.60 bits per heavy atom. The van der Waals surface area contributed by atoms with Crippen molar-refractivity contribution in [3.63, 3.8) is 0 Å². The van der Waals surface area contributed by atoms with E-state index in [-0.39, 0.29) is 5.60 Å². The van der Waals surface area contributed by atoms with E-state index in [1.54, 1.807) is 12.1 Å². The first-order chi connectivity index (χ1) is 4.72. The zero-order valence-corrected chi connectivity index (χ0v) is 6.76. The van der Waals surface area contributed by atoms with E-state index in [1.165, 1.54) is 6.42 Å². The van der Waals surface area contributed by atoms with Crippen LogP contribution in [0.3, 0.4) is 0 Å². The van der Waals surface area contributed by atoms with Crippen LogP contribution < -0.4 is 5.84 Å². The minimum absolute atomic E-state index is 0.0868. The predicted molar refractivity (Wildman–Crippen MR) is 40.4 cm³/mol. The molecule has 0 saturated carbocycles. The maximum Gasteiger partial charge on any atom is 0.0958 e. The van der Waals surface area contributed by atoms with Crippen molar-refractivity contribution in [2.24, 2.45) is 5.84 Å². The molecule has 0 aromatic carbocycles. The van der Waals surface area contributed by atoms with Crippen molar-refractivity contribution in [1.82, 2.24) is 5.01 Å². The first-order valence-electron chi connectivity index (χ1n) is 3.77. The molecule has 0 radical (unpaired) electrons. The Kier molecular flexibility index (Phi) is 2.28. The molecule has 1 aliphatic rings. The number of hydrogen-bond acceptors (Lipinski definition) is 3. The number of ether oxygens (including phenoxy) is 1. The summed E-state index contributed by atoms with van der Waals surface area (Å²) in [6, 6.07) is 0. The van der Waals surface area contributed by atoms with Crippen molar-refractivity contribution in [2.45, 2.75) is 25.4 Å². The van der Waals surface area contributed by atoms with Crippen LogP contribution in [0.1, 0.15) is 19.8 Å². The molecule has 2 N–H and O–H groups in total. The average Bonchev–Trinajstić information content (AvgIpc) is 1.84. The lowest BCUT2D eigenvalue weighted by Crippen LogP contribution is -2.65. The minimum Gasteiger partial charge on any atom is -0.375 e. The highest BCUT2D eigenvalue weighted by atomic mass is 16.5. The summed E-state index contributed by atoms with van der Waals surface area (Å²) < 4.78 is 5.36. The molecule has 1 fully saturated rings. The molecular weight excluding hydrogens is 128 g/mol. The largest absolute Gasteiger partial charge is 0.375 e. The molecule has 0 amide bonds. The molecule has 0 aliphatic carbocycles. The maximum absolute atomic E-state index is 5.51. The molecule has 1 rings (SSSR count). The van der Waals surface area contributed by atoms with Gasteiger partial charge in [-0.15, -0.1) is 0 Å². The van der Waals surface area contributed by atoms with Crippen LogP contribution >= 0.6 is 0 Å². The zero-order valence-electron chi connectivity index (χ0n) is 6.76. The molecule has 1 aliphatic heterocycles. The Bertz CT molecular complexity index is 105. The first-order valence-corrected chi connectivity index (χ1v) is 3.77. The molecular formula is C7H16N2O. The van der Waals surface area contributed by atoms with E-state index in [0.29, 0.717) is 0 Å². The Morgan fingerprint density at radius 3 is 2.50 bits per heavy atom. The van der Waals surface area contributed by atoms with Gasteiger partial charge in [-0.1, -0.05) is 13.3 Å². The Balaban J connectivity index is 2.32. The average molecular weight is 144 g/mol. The van der Waals surface area contributed by atoms with Gasteiger partial charge in [-0.2, -0.15) is 0 Å². The third-order valence-corrected chi connectivity index (χ3v) is 2.12. The molecule has 0 spiro atoms. The fraction of sp³-hybridized carbons (Fsp3) is 1.00. The van der Waals surface area contributed by atoms with Gasteiger partial charge < -0.3 is 4.74 Å². The predicted octanol–water partition coefficient (Wildman–Crippen LogP) is 0.361. The normalized spacial score (nSPS) is 24.3. The molecule has 1 saturated heterocycles. The van der Waals surface area contributed by atoms with E-state index in [0.717, 1.165) is 19.5 Å². The van der Waals surface area contributed by atoms with E-state index < -0.39 is 0 Å². The highest BCUT2D eigenvalue weighted by Crippen LogP contribution is 2.26. The lowest BCUT2D eigenvalue weighted by molar-refractivity contribution is -0.129. The van der Waals surface area contributed by atoms with Gasteiger partial charge in [-0.25, -0.2) is 5.01 Å². The van der Waals surface area contributed by atoms with Gasteiger partial charge in [-0.3, -0.25) is 5.84 Å². The van der Waals surface area contributed by atoms with Crippen LogP contribution in [-0.2, 0) is 4.74 Å². The zero-order chi connectivity index (χ0) is 7.61. The second-order valence-corrected chi connectivity index (χ2v) is 3.04. The number of methoxy groups -OCH3 is 1. The van der Waals surface area contributed by atoms with Crippen LogP contribution in [0.5, 0.6) is 0 Å². The van der Waals surface area contributed by atoms with Crippen molar-refractivity contribution in [3.8, 4) is 0 Å². The third kappa shape index (κ3) is 1.31. The summed E-state index contributed by atoms with van der Waals surface area (Å²) in [4.78, 5) is 0. The van der Waals surface area contributed by atoms with Gasteiger partial charge in [0.15, 0.2) is 0 Å². The summed E-state index contributed by atoms with van der Waals surface area (Å²) in [7, 11) is 1.77. The summed E-state index contributed by atoms with van der Waals surface area (Å²) in [5.41, 5.74) is 0.0868. The molecule has 3 heteroatoms. The van der Waals surface area contributed by atoms with Crippen LogP contribution in [0.15, 0.2) is 0 Å². The molecule has 3 nitrogen and oxygen atoms in total. The van der Waals surface area contributed by atoms with Crippen LogP contribution in [0.25, 0.3) is 0 Å². The maximum atomic E-state index is 5.51. The van der Waals surface area contributed by atoms with Gasteiger partial charge in [0.05, 0.1) is 5.60 Å². The van der Waals surface area contributed by atoms with Gasteiger partial charge in [0.1, 0.15) is 0 Å². The lowest BCUT2D eigenvalue weighted by atomic mass is 9.91. The Labute approximate surface area is 62.1 Å². The van der Waals surface area contributed by atoms with Crippen LogP contribution in [0, 0.1) is 0 Å². The van der Waals surface area contributed by atoms with E-state index in [4.69, 9.17) is 10.6 Å². The van der Waals surface area contributed by atoms with Crippen LogP contribution in [0.4, 0.5) is 0 Å². The van der Waals surface area contributed by atoms with Gasteiger partial charge in [-0.05, 0) is 6.42 Å². The van der Waals surface area contributed by atoms with Gasteiger partial charge in [0.2, 0.25) is 0 Å². The van der Waals surface area contributed by atoms with Crippen LogP contribution in [-0.4, -0.2) is 30.8 Å². The molecule has 0 unspecified atom stereocenters. The number of hydrazine groups is 1. The fourth-order valence-corrected chi connectivity index (χ4v) is 1.54. The van der Waals surface area contributed by atoms with E-state index in [2.05, 4.69) is 6.92 Å². The third-order valence-electron chi connectivity index (χ3n) is 2.12. The molecule has 10 heavy (non-hydrogen) atoms. The van der Waals surface area contributed by atoms with Gasteiger partial charge in [0.25, 0.3) is 0 Å². The summed E-state index contributed by atoms with van der Waals surface area (Å²) in [5, 5.41) is 1.79. The van der Waals surface area contributed by atoms with Crippen molar-refractivity contribution >= 4 is 0 Å². The molecule has 0 aromatic rings. The Morgan fingerprint density at radius 2 is 2.20 bits per heavy atom.